The first kappa shape index (κ1) is 12.3. The van der Waals surface area contributed by atoms with Gasteiger partial charge in [-0.3, -0.25) is 4.79 Å². The SMILES string of the molecule is Cc1[c-]c(C)c(C(=O)Cl)cc1.[Y]. The molecule has 1 nitrogen and oxygen atoms in total. The normalized spacial score (nSPS) is 8.92. The van der Waals surface area contributed by atoms with Gasteiger partial charge in [0.1, 0.15) is 0 Å². The monoisotopic (exact) mass is 256 g/mol. The zero-order valence-corrected chi connectivity index (χ0v) is 10.6. The first-order chi connectivity index (χ1) is 5.11. The van der Waals surface area contributed by atoms with Crippen LogP contribution in [0.3, 0.4) is 0 Å². The van der Waals surface area contributed by atoms with E-state index in [1.807, 2.05) is 19.9 Å². The van der Waals surface area contributed by atoms with Crippen molar-refractivity contribution in [1.29, 1.82) is 0 Å². The van der Waals surface area contributed by atoms with Gasteiger partial charge in [-0.2, -0.15) is 29.3 Å². The standard InChI is InChI=1S/C9H8ClO.Y/c1-6-3-4-8(9(10)11)7(2)5-6;/h3-4H,1-2H3;/q-1;. The molecule has 0 bridgehead atoms. The summed E-state index contributed by atoms with van der Waals surface area (Å²) in [5.74, 6) is 0. The molecule has 0 aliphatic carbocycles. The molecule has 1 radical (unpaired) electrons. The molecule has 0 aliphatic heterocycles. The van der Waals surface area contributed by atoms with Crippen molar-refractivity contribution >= 4 is 16.8 Å². The molecule has 12 heavy (non-hydrogen) atoms. The second kappa shape index (κ2) is 5.11. The maximum Gasteiger partial charge on any atom is 0.197 e. The van der Waals surface area contributed by atoms with Crippen LogP contribution in [0.25, 0.3) is 0 Å². The van der Waals surface area contributed by atoms with E-state index in [-0.39, 0.29) is 32.7 Å². The minimum Gasteiger partial charge on any atom is -0.291 e. The van der Waals surface area contributed by atoms with E-state index >= 15 is 0 Å². The van der Waals surface area contributed by atoms with E-state index < -0.39 is 5.24 Å². The minimum absolute atomic E-state index is 0. The zero-order valence-electron chi connectivity index (χ0n) is 7.02. The number of hydrogen-bond acceptors (Lipinski definition) is 1. The molecule has 0 amide bonds. The van der Waals surface area contributed by atoms with Gasteiger partial charge in [0.2, 0.25) is 0 Å². The van der Waals surface area contributed by atoms with Gasteiger partial charge in [-0.25, -0.2) is 0 Å². The van der Waals surface area contributed by atoms with Gasteiger partial charge in [0.05, 0.1) is 0 Å². The summed E-state index contributed by atoms with van der Waals surface area (Å²) in [4.78, 5) is 10.7. The first-order valence-electron chi connectivity index (χ1n) is 3.30. The van der Waals surface area contributed by atoms with Crippen molar-refractivity contribution in [3.8, 4) is 0 Å². The summed E-state index contributed by atoms with van der Waals surface area (Å²) in [5, 5.41) is -0.418. The van der Waals surface area contributed by atoms with Gasteiger partial charge >= 0.3 is 0 Å². The average molecular weight is 257 g/mol. The molecule has 1 aromatic rings. The molecule has 0 saturated carbocycles. The summed E-state index contributed by atoms with van der Waals surface area (Å²) >= 11 is 5.30. The molecule has 0 saturated heterocycles. The van der Waals surface area contributed by atoms with Crippen LogP contribution in [0, 0.1) is 19.9 Å². The predicted molar refractivity (Wildman–Crippen MR) is 44.9 cm³/mol. The second-order valence-electron chi connectivity index (χ2n) is 2.45. The van der Waals surface area contributed by atoms with Crippen LogP contribution >= 0.6 is 11.6 Å². The molecule has 0 fully saturated rings. The molecule has 0 N–H and O–H groups in total. The van der Waals surface area contributed by atoms with Crippen molar-refractivity contribution in [3.63, 3.8) is 0 Å². The molecular formula is C9H8ClOY-. The molecule has 0 unspecified atom stereocenters. The van der Waals surface area contributed by atoms with Gasteiger partial charge in [0, 0.05) is 32.7 Å². The van der Waals surface area contributed by atoms with E-state index in [2.05, 4.69) is 6.07 Å². The van der Waals surface area contributed by atoms with Crippen LogP contribution in [-0.2, 0) is 32.7 Å². The third-order valence-electron chi connectivity index (χ3n) is 1.50. The molecule has 3 heteroatoms. The average Bonchev–Trinajstić information content (AvgIpc) is 1.85. The van der Waals surface area contributed by atoms with Gasteiger partial charge in [0.15, 0.2) is 5.24 Å². The van der Waals surface area contributed by atoms with Crippen LogP contribution < -0.4 is 0 Å². The Morgan fingerprint density at radius 2 is 2.00 bits per heavy atom. The number of rotatable bonds is 1. The maximum absolute atomic E-state index is 10.7. The number of carbonyl (C=O) groups excluding carboxylic acids is 1. The Labute approximate surface area is 102 Å². The van der Waals surface area contributed by atoms with Gasteiger partial charge < -0.3 is 0 Å². The molecular weight excluding hydrogens is 248 g/mol. The Kier molecular flexibility index (Phi) is 5.23. The predicted octanol–water partition coefficient (Wildman–Crippen LogP) is 2.48. The van der Waals surface area contributed by atoms with Crippen molar-refractivity contribution < 1.29 is 37.5 Å². The van der Waals surface area contributed by atoms with E-state index in [9.17, 15) is 4.79 Å². The third-order valence-corrected chi connectivity index (χ3v) is 1.70. The summed E-state index contributed by atoms with van der Waals surface area (Å²) < 4.78 is 0. The molecule has 0 aromatic heterocycles. The van der Waals surface area contributed by atoms with Crippen LogP contribution in [0.15, 0.2) is 12.1 Å². The molecule has 0 heterocycles. The van der Waals surface area contributed by atoms with Crippen LogP contribution in [0.5, 0.6) is 0 Å². The Morgan fingerprint density at radius 3 is 2.42 bits per heavy atom. The summed E-state index contributed by atoms with van der Waals surface area (Å²) in [6.45, 7) is 3.75. The topological polar surface area (TPSA) is 17.1 Å². The van der Waals surface area contributed by atoms with E-state index in [4.69, 9.17) is 11.6 Å². The quantitative estimate of drug-likeness (QED) is 0.557. The van der Waals surface area contributed by atoms with E-state index in [1.165, 1.54) is 0 Å². The van der Waals surface area contributed by atoms with Gasteiger partial charge in [-0.05, 0) is 0 Å². The van der Waals surface area contributed by atoms with Crippen LogP contribution in [-0.4, -0.2) is 5.24 Å². The van der Waals surface area contributed by atoms with Crippen LogP contribution in [0.2, 0.25) is 0 Å². The van der Waals surface area contributed by atoms with E-state index in [0.717, 1.165) is 11.1 Å². The van der Waals surface area contributed by atoms with Crippen LogP contribution in [0.1, 0.15) is 21.5 Å². The van der Waals surface area contributed by atoms with Crippen molar-refractivity contribution in [3.05, 3.63) is 34.9 Å². The molecule has 61 valence electrons. The largest absolute Gasteiger partial charge is 0.291 e. The number of aryl methyl sites for hydroxylation is 2. The molecule has 0 spiro atoms. The molecule has 1 aromatic carbocycles. The second-order valence-corrected chi connectivity index (χ2v) is 2.80. The summed E-state index contributed by atoms with van der Waals surface area (Å²) in [7, 11) is 0. The van der Waals surface area contributed by atoms with Crippen molar-refractivity contribution in [2.45, 2.75) is 13.8 Å². The summed E-state index contributed by atoms with van der Waals surface area (Å²) in [6, 6.07) is 6.56. The number of hydrogen-bond donors (Lipinski definition) is 0. The van der Waals surface area contributed by atoms with E-state index in [1.54, 1.807) is 6.07 Å². The maximum atomic E-state index is 10.7. The Morgan fingerprint density at radius 1 is 1.42 bits per heavy atom. The minimum atomic E-state index is -0.418. The Hall–Kier alpha value is 0.284. The van der Waals surface area contributed by atoms with Gasteiger partial charge in [0.25, 0.3) is 0 Å². The number of halogens is 1. The van der Waals surface area contributed by atoms with Crippen molar-refractivity contribution in [2.24, 2.45) is 0 Å². The number of benzene rings is 1. The summed E-state index contributed by atoms with van der Waals surface area (Å²) in [6.07, 6.45) is 0. The fourth-order valence-corrected chi connectivity index (χ4v) is 1.16. The van der Waals surface area contributed by atoms with Gasteiger partial charge in [-0.1, -0.05) is 31.0 Å². The van der Waals surface area contributed by atoms with Crippen molar-refractivity contribution in [1.82, 2.24) is 0 Å². The fourth-order valence-electron chi connectivity index (χ4n) is 0.951. The Balaban J connectivity index is 0.00000121. The Bertz CT molecular complexity index is 297. The zero-order chi connectivity index (χ0) is 8.43. The van der Waals surface area contributed by atoms with E-state index in [0.29, 0.717) is 5.56 Å². The fraction of sp³-hybridized carbons (Fsp3) is 0.222. The first-order valence-corrected chi connectivity index (χ1v) is 3.68. The van der Waals surface area contributed by atoms with Crippen LogP contribution in [0.4, 0.5) is 0 Å². The van der Waals surface area contributed by atoms with Crippen molar-refractivity contribution in [2.75, 3.05) is 0 Å². The molecule has 1 rings (SSSR count). The smallest absolute Gasteiger partial charge is 0.197 e. The van der Waals surface area contributed by atoms with Gasteiger partial charge in [-0.15, -0.1) is 0 Å². The number of carbonyl (C=O) groups is 1. The summed E-state index contributed by atoms with van der Waals surface area (Å²) in [5.41, 5.74) is 2.37. The molecule has 0 aliphatic rings. The molecule has 0 atom stereocenters. The third kappa shape index (κ3) is 2.97.